The third kappa shape index (κ3) is 3.45. The zero-order valence-corrected chi connectivity index (χ0v) is 11.5. The lowest BCUT2D eigenvalue weighted by Crippen LogP contribution is -2.20. The van der Waals surface area contributed by atoms with Crippen LogP contribution >= 0.6 is 27.5 Å². The van der Waals surface area contributed by atoms with Crippen LogP contribution in [0.15, 0.2) is 47.1 Å². The smallest absolute Gasteiger partial charge is 0.306 e. The van der Waals surface area contributed by atoms with Gasteiger partial charge in [0.1, 0.15) is 5.82 Å². The van der Waals surface area contributed by atoms with Gasteiger partial charge in [0, 0.05) is 10.7 Å². The second-order valence-electron chi connectivity index (χ2n) is 3.42. The number of pyridine rings is 1. The van der Waals surface area contributed by atoms with Crippen molar-refractivity contribution >= 4 is 45.1 Å². The third-order valence-corrected chi connectivity index (χ3v) is 2.89. The average Bonchev–Trinajstić information content (AvgIpc) is 2.35. The molecule has 0 aliphatic carbocycles. The molecule has 1 aromatic carbocycles. The number of urea groups is 1. The van der Waals surface area contributed by atoms with Crippen molar-refractivity contribution in [2.24, 2.45) is 0 Å². The maximum Gasteiger partial charge on any atom is 0.324 e. The number of para-hydroxylation sites is 1. The number of halogens is 2. The highest BCUT2D eigenvalue weighted by molar-refractivity contribution is 9.10. The molecule has 0 unspecified atom stereocenters. The molecule has 18 heavy (non-hydrogen) atoms. The van der Waals surface area contributed by atoms with Crippen molar-refractivity contribution in [3.05, 3.63) is 52.1 Å². The molecule has 0 aliphatic heterocycles. The number of anilines is 2. The summed E-state index contributed by atoms with van der Waals surface area (Å²) >= 11 is 9.19. The van der Waals surface area contributed by atoms with Crippen LogP contribution in [0, 0.1) is 0 Å². The molecule has 6 heteroatoms. The summed E-state index contributed by atoms with van der Waals surface area (Å²) in [5, 5.41) is 5.73. The second kappa shape index (κ2) is 5.84. The second-order valence-corrected chi connectivity index (χ2v) is 4.74. The maximum absolute atomic E-state index is 11.7. The molecule has 0 fully saturated rings. The van der Waals surface area contributed by atoms with E-state index in [2.05, 4.69) is 31.5 Å². The lowest BCUT2D eigenvalue weighted by molar-refractivity contribution is 0.262. The van der Waals surface area contributed by atoms with Crippen molar-refractivity contribution < 1.29 is 4.79 Å². The molecule has 0 radical (unpaired) electrons. The molecule has 2 amide bonds. The highest BCUT2D eigenvalue weighted by atomic mass is 79.9. The highest BCUT2D eigenvalue weighted by Gasteiger charge is 2.05. The van der Waals surface area contributed by atoms with E-state index in [-0.39, 0.29) is 0 Å². The van der Waals surface area contributed by atoms with Gasteiger partial charge >= 0.3 is 6.03 Å². The monoisotopic (exact) mass is 325 g/mol. The molecule has 0 saturated carbocycles. The Bertz CT molecular complexity index is 560. The van der Waals surface area contributed by atoms with Crippen LogP contribution in [0.2, 0.25) is 5.02 Å². The van der Waals surface area contributed by atoms with Crippen molar-refractivity contribution in [3.8, 4) is 0 Å². The van der Waals surface area contributed by atoms with Crippen LogP contribution in [-0.4, -0.2) is 11.0 Å². The summed E-state index contributed by atoms with van der Waals surface area (Å²) in [7, 11) is 0. The van der Waals surface area contributed by atoms with Gasteiger partial charge in [-0.2, -0.15) is 0 Å². The number of carbonyl (C=O) groups is 1. The first kappa shape index (κ1) is 12.9. The molecule has 0 saturated heterocycles. The van der Waals surface area contributed by atoms with E-state index in [1.807, 2.05) is 0 Å². The van der Waals surface area contributed by atoms with E-state index in [9.17, 15) is 4.79 Å². The number of amides is 2. The largest absolute Gasteiger partial charge is 0.324 e. The normalized spacial score (nSPS) is 9.89. The van der Waals surface area contributed by atoms with Crippen LogP contribution < -0.4 is 10.6 Å². The minimum Gasteiger partial charge on any atom is -0.306 e. The van der Waals surface area contributed by atoms with Gasteiger partial charge in [-0.3, -0.25) is 5.32 Å². The van der Waals surface area contributed by atoms with E-state index in [0.717, 1.165) is 4.47 Å². The fourth-order valence-electron chi connectivity index (χ4n) is 1.28. The zero-order chi connectivity index (χ0) is 13.0. The van der Waals surface area contributed by atoms with Crippen molar-refractivity contribution in [1.29, 1.82) is 0 Å². The summed E-state index contributed by atoms with van der Waals surface area (Å²) in [5.74, 6) is 0.461. The summed E-state index contributed by atoms with van der Waals surface area (Å²) in [6.07, 6.45) is 1.60. The zero-order valence-electron chi connectivity index (χ0n) is 9.15. The van der Waals surface area contributed by atoms with Crippen molar-refractivity contribution in [3.63, 3.8) is 0 Å². The Morgan fingerprint density at radius 2 is 1.94 bits per heavy atom. The van der Waals surface area contributed by atoms with Gasteiger partial charge in [-0.05, 0) is 40.2 Å². The van der Waals surface area contributed by atoms with Crippen LogP contribution in [-0.2, 0) is 0 Å². The first-order valence-electron chi connectivity index (χ1n) is 5.09. The molecule has 2 N–H and O–H groups in total. The first-order valence-corrected chi connectivity index (χ1v) is 6.26. The van der Waals surface area contributed by atoms with E-state index in [1.54, 1.807) is 42.6 Å². The third-order valence-electron chi connectivity index (χ3n) is 2.09. The van der Waals surface area contributed by atoms with Gasteiger partial charge in [-0.15, -0.1) is 0 Å². The SMILES string of the molecule is O=C(Nc1ccc(Br)cn1)Nc1ccccc1Cl. The predicted molar refractivity (Wildman–Crippen MR) is 76.0 cm³/mol. The Morgan fingerprint density at radius 1 is 1.17 bits per heavy atom. The summed E-state index contributed by atoms with van der Waals surface area (Å²) in [4.78, 5) is 15.7. The summed E-state index contributed by atoms with van der Waals surface area (Å²) < 4.78 is 0.847. The number of aromatic nitrogens is 1. The summed E-state index contributed by atoms with van der Waals surface area (Å²) in [6, 6.07) is 10.1. The minimum absolute atomic E-state index is 0.391. The van der Waals surface area contributed by atoms with Gasteiger partial charge in [0.25, 0.3) is 0 Å². The molecule has 2 rings (SSSR count). The van der Waals surface area contributed by atoms with Gasteiger partial charge < -0.3 is 5.32 Å². The first-order chi connectivity index (χ1) is 8.65. The molecule has 2 aromatic rings. The molecular formula is C12H9BrClN3O. The lowest BCUT2D eigenvalue weighted by Gasteiger charge is -2.08. The maximum atomic E-state index is 11.7. The number of hydrogen-bond donors (Lipinski definition) is 2. The highest BCUT2D eigenvalue weighted by Crippen LogP contribution is 2.20. The van der Waals surface area contributed by atoms with Gasteiger partial charge in [0.05, 0.1) is 10.7 Å². The molecule has 1 aromatic heterocycles. The van der Waals surface area contributed by atoms with Crippen LogP contribution in [0.4, 0.5) is 16.3 Å². The van der Waals surface area contributed by atoms with Crippen molar-refractivity contribution in [2.45, 2.75) is 0 Å². The van der Waals surface area contributed by atoms with Crippen LogP contribution in [0.1, 0.15) is 0 Å². The number of rotatable bonds is 2. The Morgan fingerprint density at radius 3 is 2.61 bits per heavy atom. The topological polar surface area (TPSA) is 54.0 Å². The van der Waals surface area contributed by atoms with E-state index in [0.29, 0.717) is 16.5 Å². The molecule has 0 bridgehead atoms. The Hall–Kier alpha value is -1.59. The quantitative estimate of drug-likeness (QED) is 0.871. The van der Waals surface area contributed by atoms with Gasteiger partial charge in [-0.1, -0.05) is 23.7 Å². The van der Waals surface area contributed by atoms with Crippen LogP contribution in [0.25, 0.3) is 0 Å². The Kier molecular flexibility index (Phi) is 4.17. The molecule has 0 spiro atoms. The van der Waals surface area contributed by atoms with Crippen LogP contribution in [0.3, 0.4) is 0 Å². The predicted octanol–water partition coefficient (Wildman–Crippen LogP) is 4.14. The molecular weight excluding hydrogens is 318 g/mol. The number of hydrogen-bond acceptors (Lipinski definition) is 2. The van der Waals surface area contributed by atoms with Crippen molar-refractivity contribution in [2.75, 3.05) is 10.6 Å². The molecule has 0 atom stereocenters. The van der Waals surface area contributed by atoms with Gasteiger partial charge in [-0.25, -0.2) is 9.78 Å². The van der Waals surface area contributed by atoms with Crippen molar-refractivity contribution in [1.82, 2.24) is 4.98 Å². The molecule has 92 valence electrons. The fraction of sp³-hybridized carbons (Fsp3) is 0. The van der Waals surface area contributed by atoms with Gasteiger partial charge in [0.2, 0.25) is 0 Å². The number of nitrogens with zero attached hydrogens (tertiary/aromatic N) is 1. The minimum atomic E-state index is -0.391. The summed E-state index contributed by atoms with van der Waals surface area (Å²) in [6.45, 7) is 0. The van der Waals surface area contributed by atoms with E-state index in [1.165, 1.54) is 0 Å². The molecule has 4 nitrogen and oxygen atoms in total. The average molecular weight is 327 g/mol. The fourth-order valence-corrected chi connectivity index (χ4v) is 1.70. The van der Waals surface area contributed by atoms with E-state index in [4.69, 9.17) is 11.6 Å². The summed E-state index contributed by atoms with van der Waals surface area (Å²) in [5.41, 5.74) is 0.550. The number of benzene rings is 1. The van der Waals surface area contributed by atoms with Gasteiger partial charge in [0.15, 0.2) is 0 Å². The number of nitrogens with one attached hydrogen (secondary N) is 2. The van der Waals surface area contributed by atoms with Crippen LogP contribution in [0.5, 0.6) is 0 Å². The molecule has 0 aliphatic rings. The standard InChI is InChI=1S/C12H9BrClN3O/c13-8-5-6-11(15-7-8)17-12(18)16-10-4-2-1-3-9(10)14/h1-7H,(H2,15,16,17,18). The van der Waals surface area contributed by atoms with E-state index < -0.39 is 6.03 Å². The Balaban J connectivity index is 2.01. The number of carbonyl (C=O) groups excluding carboxylic acids is 1. The Labute approximate surface area is 118 Å². The molecule has 1 heterocycles. The lowest BCUT2D eigenvalue weighted by atomic mass is 10.3. The van der Waals surface area contributed by atoms with E-state index >= 15 is 0 Å².